The molecule has 0 radical (unpaired) electrons. The number of nitrogens with zero attached hydrogens (tertiary/aromatic N) is 2. The highest BCUT2D eigenvalue weighted by Crippen LogP contribution is 2.43. The van der Waals surface area contributed by atoms with Crippen molar-refractivity contribution in [2.45, 2.75) is 12.6 Å². The van der Waals surface area contributed by atoms with Crippen LogP contribution in [0.2, 0.25) is 0 Å². The third-order valence-electron chi connectivity index (χ3n) is 4.58. The molecule has 1 atom stereocenters. The maximum Gasteiger partial charge on any atom is 0.290 e. The van der Waals surface area contributed by atoms with E-state index in [1.165, 1.54) is 0 Å². The summed E-state index contributed by atoms with van der Waals surface area (Å²) >= 11 is 0. The van der Waals surface area contributed by atoms with Crippen molar-refractivity contribution in [2.75, 3.05) is 0 Å². The first-order chi connectivity index (χ1) is 12.8. The average Bonchev–Trinajstić information content (AvgIpc) is 2.95. The summed E-state index contributed by atoms with van der Waals surface area (Å²) in [5.74, 6) is -0.546. The zero-order chi connectivity index (χ0) is 17.9. The highest BCUT2D eigenvalue weighted by atomic mass is 16.3. The first-order valence-electron chi connectivity index (χ1n) is 8.49. The van der Waals surface area contributed by atoms with Crippen molar-refractivity contribution in [3.05, 3.63) is 108 Å². The molecule has 2 heterocycles. The van der Waals surface area contributed by atoms with Gasteiger partial charge in [-0.2, -0.15) is 0 Å². The monoisotopic (exact) mass is 342 g/mol. The van der Waals surface area contributed by atoms with Crippen LogP contribution in [-0.4, -0.2) is 20.9 Å². The molecule has 0 saturated carbocycles. The van der Waals surface area contributed by atoms with E-state index in [2.05, 4.69) is 4.98 Å². The molecule has 0 aliphatic carbocycles. The Kier molecular flexibility index (Phi) is 4.23. The lowest BCUT2D eigenvalue weighted by Gasteiger charge is -2.27. The molecule has 1 N–H and O–H groups in total. The Morgan fingerprint density at radius 3 is 2.27 bits per heavy atom. The molecule has 0 bridgehead atoms. The highest BCUT2D eigenvalue weighted by Gasteiger charge is 2.40. The van der Waals surface area contributed by atoms with Crippen LogP contribution in [0.4, 0.5) is 0 Å². The Balaban J connectivity index is 1.81. The van der Waals surface area contributed by atoms with Crippen molar-refractivity contribution in [1.29, 1.82) is 0 Å². The predicted molar refractivity (Wildman–Crippen MR) is 100.0 cm³/mol. The second-order valence-electron chi connectivity index (χ2n) is 6.24. The van der Waals surface area contributed by atoms with Crippen LogP contribution in [0.3, 0.4) is 0 Å². The van der Waals surface area contributed by atoms with Gasteiger partial charge in [0.1, 0.15) is 0 Å². The third-order valence-corrected chi connectivity index (χ3v) is 4.58. The van der Waals surface area contributed by atoms with E-state index in [1.54, 1.807) is 17.3 Å². The van der Waals surface area contributed by atoms with Gasteiger partial charge in [0.2, 0.25) is 0 Å². The number of aliphatic hydroxyl groups excluding tert-OH is 1. The lowest BCUT2D eigenvalue weighted by molar-refractivity contribution is -0.130. The van der Waals surface area contributed by atoms with Crippen LogP contribution >= 0.6 is 0 Å². The van der Waals surface area contributed by atoms with E-state index < -0.39 is 0 Å². The lowest BCUT2D eigenvalue weighted by Crippen LogP contribution is -2.29. The SMILES string of the molecule is O=C1C(O)=C(c2ccccc2)[C@H](c2ccccc2)N1Cc1cccnc1. The largest absolute Gasteiger partial charge is 0.503 e. The summed E-state index contributed by atoms with van der Waals surface area (Å²) in [5, 5.41) is 10.7. The number of hydrogen-bond acceptors (Lipinski definition) is 3. The van der Waals surface area contributed by atoms with Crippen LogP contribution < -0.4 is 0 Å². The molecule has 26 heavy (non-hydrogen) atoms. The molecule has 2 aromatic carbocycles. The molecule has 4 heteroatoms. The zero-order valence-electron chi connectivity index (χ0n) is 14.1. The molecule has 4 rings (SSSR count). The molecule has 4 nitrogen and oxygen atoms in total. The fraction of sp³-hybridized carbons (Fsp3) is 0.0909. The van der Waals surface area contributed by atoms with E-state index in [0.717, 1.165) is 16.7 Å². The van der Waals surface area contributed by atoms with Gasteiger partial charge in [-0.05, 0) is 22.8 Å². The van der Waals surface area contributed by atoms with Crippen LogP contribution in [0.1, 0.15) is 22.7 Å². The minimum absolute atomic E-state index is 0.186. The van der Waals surface area contributed by atoms with Crippen LogP contribution in [0.15, 0.2) is 90.9 Å². The first-order valence-corrected chi connectivity index (χ1v) is 8.49. The predicted octanol–water partition coefficient (Wildman–Crippen LogP) is 4.13. The number of benzene rings is 2. The summed E-state index contributed by atoms with van der Waals surface area (Å²) in [6.07, 6.45) is 3.45. The van der Waals surface area contributed by atoms with Gasteiger partial charge in [-0.1, -0.05) is 66.7 Å². The molecule has 128 valence electrons. The zero-order valence-corrected chi connectivity index (χ0v) is 14.1. The second-order valence-corrected chi connectivity index (χ2v) is 6.24. The lowest BCUT2D eigenvalue weighted by atomic mass is 9.93. The molecule has 3 aromatic rings. The number of pyridine rings is 1. The van der Waals surface area contributed by atoms with Crippen molar-refractivity contribution < 1.29 is 9.90 Å². The van der Waals surface area contributed by atoms with Gasteiger partial charge in [-0.25, -0.2) is 0 Å². The van der Waals surface area contributed by atoms with E-state index in [4.69, 9.17) is 0 Å². The van der Waals surface area contributed by atoms with Crippen LogP contribution in [-0.2, 0) is 11.3 Å². The summed E-state index contributed by atoms with van der Waals surface area (Å²) in [7, 11) is 0. The van der Waals surface area contributed by atoms with E-state index in [1.807, 2.05) is 72.8 Å². The summed E-state index contributed by atoms with van der Waals surface area (Å²) in [4.78, 5) is 18.7. The second kappa shape index (κ2) is 6.84. The number of aliphatic hydroxyl groups is 1. The molecule has 1 amide bonds. The molecule has 1 aliphatic rings. The van der Waals surface area contributed by atoms with Crippen molar-refractivity contribution in [2.24, 2.45) is 0 Å². The maximum absolute atomic E-state index is 12.9. The Labute approximate surface area is 152 Å². The van der Waals surface area contributed by atoms with Crippen molar-refractivity contribution in [1.82, 2.24) is 9.88 Å². The maximum atomic E-state index is 12.9. The Morgan fingerprint density at radius 1 is 0.923 bits per heavy atom. The van der Waals surface area contributed by atoms with E-state index in [0.29, 0.717) is 12.1 Å². The number of hydrogen-bond donors (Lipinski definition) is 1. The van der Waals surface area contributed by atoms with Crippen LogP contribution in [0.25, 0.3) is 5.57 Å². The van der Waals surface area contributed by atoms with Crippen molar-refractivity contribution in [3.8, 4) is 0 Å². The Bertz CT molecular complexity index is 938. The number of aromatic nitrogens is 1. The fourth-order valence-corrected chi connectivity index (χ4v) is 3.40. The Hall–Kier alpha value is -3.40. The summed E-state index contributed by atoms with van der Waals surface area (Å²) in [6.45, 7) is 0.382. The summed E-state index contributed by atoms with van der Waals surface area (Å²) in [6, 6.07) is 22.8. The van der Waals surface area contributed by atoms with Gasteiger partial charge in [0.25, 0.3) is 5.91 Å². The van der Waals surface area contributed by atoms with Gasteiger partial charge >= 0.3 is 0 Å². The van der Waals surface area contributed by atoms with Crippen LogP contribution in [0, 0.1) is 0 Å². The van der Waals surface area contributed by atoms with Crippen molar-refractivity contribution >= 4 is 11.5 Å². The summed E-state index contributed by atoms with van der Waals surface area (Å²) in [5.41, 5.74) is 3.38. The fourth-order valence-electron chi connectivity index (χ4n) is 3.40. The van der Waals surface area contributed by atoms with E-state index in [9.17, 15) is 9.90 Å². The van der Waals surface area contributed by atoms with Crippen LogP contribution in [0.5, 0.6) is 0 Å². The normalized spacial score (nSPS) is 17.0. The molecular formula is C22H18N2O2. The van der Waals surface area contributed by atoms with Gasteiger partial charge in [-0.15, -0.1) is 0 Å². The number of carbonyl (C=O) groups excluding carboxylic acids is 1. The van der Waals surface area contributed by atoms with Gasteiger partial charge < -0.3 is 10.0 Å². The molecule has 0 unspecified atom stereocenters. The number of rotatable bonds is 4. The van der Waals surface area contributed by atoms with E-state index in [-0.39, 0.29) is 17.7 Å². The number of carbonyl (C=O) groups is 1. The molecule has 0 spiro atoms. The molecule has 1 aromatic heterocycles. The number of amides is 1. The van der Waals surface area contributed by atoms with Crippen molar-refractivity contribution in [3.63, 3.8) is 0 Å². The minimum Gasteiger partial charge on any atom is -0.503 e. The van der Waals surface area contributed by atoms with E-state index >= 15 is 0 Å². The molecule has 0 saturated heterocycles. The third kappa shape index (κ3) is 2.86. The first kappa shape index (κ1) is 16.1. The average molecular weight is 342 g/mol. The van der Waals surface area contributed by atoms with Gasteiger partial charge in [0.05, 0.1) is 6.04 Å². The quantitative estimate of drug-likeness (QED) is 0.775. The molecule has 0 fully saturated rings. The smallest absolute Gasteiger partial charge is 0.290 e. The topological polar surface area (TPSA) is 53.4 Å². The minimum atomic E-state index is -0.360. The summed E-state index contributed by atoms with van der Waals surface area (Å²) < 4.78 is 0. The molecule has 1 aliphatic heterocycles. The standard InChI is InChI=1S/C22H18N2O2/c25-21-19(17-9-3-1-4-10-17)20(18-11-5-2-6-12-18)24(22(21)26)15-16-8-7-13-23-14-16/h1-14,20,25H,15H2/t20-/m0/s1. The highest BCUT2D eigenvalue weighted by molar-refractivity contribution is 6.05. The van der Waals surface area contributed by atoms with Gasteiger partial charge in [0.15, 0.2) is 5.76 Å². The van der Waals surface area contributed by atoms with Gasteiger partial charge in [0, 0.05) is 24.5 Å². The molecular weight excluding hydrogens is 324 g/mol. The van der Waals surface area contributed by atoms with Gasteiger partial charge in [-0.3, -0.25) is 9.78 Å². The Morgan fingerprint density at radius 2 is 1.62 bits per heavy atom.